The summed E-state index contributed by atoms with van der Waals surface area (Å²) in [5.74, 6) is 0.395. The molecule has 0 fully saturated rings. The SMILES string of the molecule is O=C(CSCCNS(=O)(=O)c1cccc([N+](=O)[O-])c1)Nc1ccccc1. The molecule has 2 aromatic carbocycles. The first-order valence-electron chi connectivity index (χ1n) is 7.55. The second-order valence-electron chi connectivity index (χ2n) is 5.12. The molecule has 8 nitrogen and oxygen atoms in total. The number of rotatable bonds is 9. The van der Waals surface area contributed by atoms with Gasteiger partial charge >= 0.3 is 0 Å². The van der Waals surface area contributed by atoms with Gasteiger partial charge < -0.3 is 5.32 Å². The van der Waals surface area contributed by atoms with E-state index in [1.54, 1.807) is 12.1 Å². The first-order chi connectivity index (χ1) is 12.4. The van der Waals surface area contributed by atoms with E-state index < -0.39 is 14.9 Å². The van der Waals surface area contributed by atoms with E-state index in [-0.39, 0.29) is 28.8 Å². The Hall–Kier alpha value is -2.43. The number of sulfonamides is 1. The van der Waals surface area contributed by atoms with Crippen LogP contribution in [0.25, 0.3) is 0 Å². The van der Waals surface area contributed by atoms with Crippen molar-refractivity contribution in [3.05, 3.63) is 64.7 Å². The number of non-ortho nitro benzene ring substituents is 1. The normalized spacial score (nSPS) is 11.1. The van der Waals surface area contributed by atoms with Crippen LogP contribution in [0, 0.1) is 10.1 Å². The average Bonchev–Trinajstić information content (AvgIpc) is 2.62. The molecule has 0 spiro atoms. The Morgan fingerprint density at radius 2 is 1.85 bits per heavy atom. The number of hydrogen-bond acceptors (Lipinski definition) is 6. The quantitative estimate of drug-likeness (QED) is 0.382. The smallest absolute Gasteiger partial charge is 0.270 e. The Labute approximate surface area is 155 Å². The molecule has 2 N–H and O–H groups in total. The highest BCUT2D eigenvalue weighted by Gasteiger charge is 2.17. The second kappa shape index (κ2) is 9.32. The molecule has 0 heterocycles. The van der Waals surface area contributed by atoms with E-state index in [2.05, 4.69) is 10.0 Å². The van der Waals surface area contributed by atoms with E-state index in [0.717, 1.165) is 6.07 Å². The molecule has 138 valence electrons. The zero-order valence-electron chi connectivity index (χ0n) is 13.6. The Bertz CT molecular complexity index is 872. The van der Waals surface area contributed by atoms with Crippen molar-refractivity contribution in [3.63, 3.8) is 0 Å². The molecule has 0 bridgehead atoms. The van der Waals surface area contributed by atoms with Gasteiger partial charge in [-0.1, -0.05) is 24.3 Å². The summed E-state index contributed by atoms with van der Waals surface area (Å²) in [7, 11) is -3.83. The topological polar surface area (TPSA) is 118 Å². The molecule has 0 aromatic heterocycles. The lowest BCUT2D eigenvalue weighted by molar-refractivity contribution is -0.385. The zero-order valence-corrected chi connectivity index (χ0v) is 15.3. The lowest BCUT2D eigenvalue weighted by atomic mass is 10.3. The number of benzene rings is 2. The number of para-hydroxylation sites is 1. The van der Waals surface area contributed by atoms with Gasteiger partial charge in [0.05, 0.1) is 15.6 Å². The van der Waals surface area contributed by atoms with Gasteiger partial charge in [0, 0.05) is 30.1 Å². The molecule has 2 rings (SSSR count). The summed E-state index contributed by atoms with van der Waals surface area (Å²) in [5.41, 5.74) is 0.407. The molecular weight excluding hydrogens is 378 g/mol. The molecule has 1 amide bonds. The Kier molecular flexibility index (Phi) is 7.13. The Balaban J connectivity index is 1.76. The van der Waals surface area contributed by atoms with Crippen molar-refractivity contribution in [1.82, 2.24) is 4.72 Å². The average molecular weight is 395 g/mol. The number of amides is 1. The molecule has 0 radical (unpaired) electrons. The molecule has 0 aliphatic heterocycles. The molecule has 0 atom stereocenters. The van der Waals surface area contributed by atoms with Crippen LogP contribution in [0.15, 0.2) is 59.5 Å². The lowest BCUT2D eigenvalue weighted by Gasteiger charge is -2.07. The van der Waals surface area contributed by atoms with E-state index in [1.807, 2.05) is 18.2 Å². The number of nitro groups is 1. The Morgan fingerprint density at radius 1 is 1.12 bits per heavy atom. The van der Waals surface area contributed by atoms with Gasteiger partial charge in [-0.25, -0.2) is 13.1 Å². The minimum absolute atomic E-state index is 0.105. The fourth-order valence-electron chi connectivity index (χ4n) is 1.98. The molecule has 0 saturated heterocycles. The first kappa shape index (κ1) is 19.9. The van der Waals surface area contributed by atoms with Crippen molar-refractivity contribution in [2.75, 3.05) is 23.4 Å². The van der Waals surface area contributed by atoms with Gasteiger partial charge in [-0.2, -0.15) is 11.8 Å². The Morgan fingerprint density at radius 3 is 2.54 bits per heavy atom. The van der Waals surface area contributed by atoms with Crippen LogP contribution in [0.3, 0.4) is 0 Å². The summed E-state index contributed by atoms with van der Waals surface area (Å²) in [6.07, 6.45) is 0. The minimum atomic E-state index is -3.83. The number of nitrogens with one attached hydrogen (secondary N) is 2. The van der Waals surface area contributed by atoms with Gasteiger partial charge in [-0.3, -0.25) is 14.9 Å². The molecule has 0 aliphatic carbocycles. The van der Waals surface area contributed by atoms with Crippen LogP contribution in [0.2, 0.25) is 0 Å². The molecule has 26 heavy (non-hydrogen) atoms. The van der Waals surface area contributed by atoms with Crippen LogP contribution >= 0.6 is 11.8 Å². The van der Waals surface area contributed by atoms with Crippen molar-refractivity contribution in [3.8, 4) is 0 Å². The van der Waals surface area contributed by atoms with E-state index in [0.29, 0.717) is 11.4 Å². The molecular formula is C16H17N3O5S2. The van der Waals surface area contributed by atoms with Gasteiger partial charge in [0.1, 0.15) is 0 Å². The fourth-order valence-corrected chi connectivity index (χ4v) is 3.83. The van der Waals surface area contributed by atoms with Crippen molar-refractivity contribution in [2.45, 2.75) is 4.90 Å². The first-order valence-corrected chi connectivity index (χ1v) is 10.2. The van der Waals surface area contributed by atoms with Crippen molar-refractivity contribution in [2.24, 2.45) is 0 Å². The summed E-state index contributed by atoms with van der Waals surface area (Å²) in [4.78, 5) is 21.7. The third-order valence-electron chi connectivity index (χ3n) is 3.17. The standard InChI is InChI=1S/C16H17N3O5S2/c20-16(18-13-5-2-1-3-6-13)12-25-10-9-17-26(23,24)15-8-4-7-14(11-15)19(21)22/h1-8,11,17H,9-10,12H2,(H,18,20). The monoisotopic (exact) mass is 395 g/mol. The number of carbonyl (C=O) groups is 1. The van der Waals surface area contributed by atoms with Crippen molar-refractivity contribution < 1.29 is 18.1 Å². The maximum absolute atomic E-state index is 12.1. The summed E-state index contributed by atoms with van der Waals surface area (Å²) in [5, 5.41) is 13.5. The van der Waals surface area contributed by atoms with Crippen molar-refractivity contribution >= 4 is 39.1 Å². The largest absolute Gasteiger partial charge is 0.325 e. The van der Waals surface area contributed by atoms with Gasteiger partial charge in [0.25, 0.3) is 5.69 Å². The number of hydrogen-bond donors (Lipinski definition) is 2. The highest BCUT2D eigenvalue weighted by molar-refractivity contribution is 8.00. The van der Waals surface area contributed by atoms with E-state index in [4.69, 9.17) is 0 Å². The number of nitrogens with zero attached hydrogens (tertiary/aromatic N) is 1. The summed E-state index contributed by atoms with van der Waals surface area (Å²) >= 11 is 1.28. The van der Waals surface area contributed by atoms with Crippen LogP contribution in [0.4, 0.5) is 11.4 Å². The van der Waals surface area contributed by atoms with Gasteiger partial charge in [-0.15, -0.1) is 0 Å². The molecule has 0 aliphatic rings. The van der Waals surface area contributed by atoms with E-state index in [1.165, 1.54) is 30.0 Å². The van der Waals surface area contributed by atoms with Crippen LogP contribution in [-0.4, -0.2) is 37.3 Å². The zero-order chi connectivity index (χ0) is 19.0. The predicted octanol–water partition coefficient (Wildman–Crippen LogP) is 2.25. The summed E-state index contributed by atoms with van der Waals surface area (Å²) < 4.78 is 26.6. The van der Waals surface area contributed by atoms with Crippen LogP contribution < -0.4 is 10.0 Å². The number of carbonyl (C=O) groups excluding carboxylic acids is 1. The van der Waals surface area contributed by atoms with Crippen LogP contribution in [0.5, 0.6) is 0 Å². The lowest BCUT2D eigenvalue weighted by Crippen LogP contribution is -2.26. The summed E-state index contributed by atoms with van der Waals surface area (Å²) in [6.45, 7) is 0.105. The van der Waals surface area contributed by atoms with E-state index >= 15 is 0 Å². The summed E-state index contributed by atoms with van der Waals surface area (Å²) in [6, 6.07) is 13.8. The molecule has 0 unspecified atom stereocenters. The second-order valence-corrected chi connectivity index (χ2v) is 7.99. The molecule has 0 saturated carbocycles. The minimum Gasteiger partial charge on any atom is -0.325 e. The number of anilines is 1. The number of nitro benzene ring substituents is 1. The van der Waals surface area contributed by atoms with Crippen LogP contribution in [0.1, 0.15) is 0 Å². The predicted molar refractivity (Wildman–Crippen MR) is 101 cm³/mol. The van der Waals surface area contributed by atoms with Gasteiger partial charge in [0.15, 0.2) is 0 Å². The maximum Gasteiger partial charge on any atom is 0.270 e. The van der Waals surface area contributed by atoms with Gasteiger partial charge in [0.2, 0.25) is 15.9 Å². The fraction of sp³-hybridized carbons (Fsp3) is 0.188. The van der Waals surface area contributed by atoms with Gasteiger partial charge in [-0.05, 0) is 18.2 Å². The molecule has 10 heteroatoms. The highest BCUT2D eigenvalue weighted by Crippen LogP contribution is 2.17. The third-order valence-corrected chi connectivity index (χ3v) is 5.59. The van der Waals surface area contributed by atoms with E-state index in [9.17, 15) is 23.3 Å². The number of thioether (sulfide) groups is 1. The molecule has 2 aromatic rings. The highest BCUT2D eigenvalue weighted by atomic mass is 32.2. The van der Waals surface area contributed by atoms with Crippen molar-refractivity contribution in [1.29, 1.82) is 0 Å². The van der Waals surface area contributed by atoms with Crippen LogP contribution in [-0.2, 0) is 14.8 Å². The maximum atomic E-state index is 12.1. The third kappa shape index (κ3) is 6.14.